The van der Waals surface area contributed by atoms with E-state index in [1.54, 1.807) is 13.3 Å². The van der Waals surface area contributed by atoms with E-state index in [0.717, 1.165) is 55.2 Å². The minimum Gasteiger partial charge on any atom is -0.468 e. The fourth-order valence-corrected chi connectivity index (χ4v) is 12.2. The lowest BCUT2D eigenvalue weighted by molar-refractivity contribution is -0.134. The smallest absolute Gasteiger partial charge is 0.319 e. The number of piperidine rings is 3. The molecular weight excluding hydrogens is 917 g/mol. The molecule has 5 aromatic rings. The zero-order chi connectivity index (χ0) is 49.0. The second-order valence-electron chi connectivity index (χ2n) is 21.2. The SMILES string of the molecule is CCc1cccc2cc(OCOC)cc(-c3ncc4c(N5CC6CCC(C6)C5)nc(OCC5(CN6CCC(F)(CN7CCN(c8cc(F)c(C9CCC(=O)NC9=O)c(F)c8)CC7)CC6)CC5)nc4c3F)c12. The molecule has 2 bridgehead atoms. The molecule has 6 heterocycles. The molecule has 3 unspecified atom stereocenters. The third kappa shape index (κ3) is 9.73. The van der Waals surface area contributed by atoms with Gasteiger partial charge in [-0.1, -0.05) is 25.1 Å². The standard InChI is InChI=1S/C54H62F4N8O5/c1-3-35-5-4-6-36-22-38(71-32-69-2)25-40(45(35)36)48-47(57)49-41(26-59-48)50(66-27-33-7-8-34(21-33)28-66)62-52(61-49)70-31-53(11-12-53)29-63-15-13-54(58,14-16-63)30-64-17-19-65(20-18-64)37-23-42(55)46(43(56)24-37)39-9-10-44(67)60-51(39)68/h4-6,22-26,33-34,39H,3,7-21,27-32H2,1-2H3,(H,60,67,68). The number of piperazine rings is 1. The predicted molar refractivity (Wildman–Crippen MR) is 262 cm³/mol. The molecule has 2 amide bonds. The van der Waals surface area contributed by atoms with Crippen LogP contribution in [0.1, 0.15) is 81.8 Å². The van der Waals surface area contributed by atoms with Gasteiger partial charge in [-0.05, 0) is 110 Å². The summed E-state index contributed by atoms with van der Waals surface area (Å²) in [5.41, 5.74) is 0.590. The van der Waals surface area contributed by atoms with Crippen molar-refractivity contribution in [2.24, 2.45) is 17.3 Å². The number of likely N-dealkylation sites (tertiary alicyclic amines) is 1. The Bertz CT molecular complexity index is 2820. The highest BCUT2D eigenvalue weighted by atomic mass is 19.1. The molecule has 6 fully saturated rings. The summed E-state index contributed by atoms with van der Waals surface area (Å²) in [5, 5.41) is 4.55. The minimum atomic E-state index is -1.36. The van der Waals surface area contributed by atoms with Crippen molar-refractivity contribution in [1.82, 2.24) is 30.1 Å². The first-order chi connectivity index (χ1) is 34.4. The number of halogens is 4. The maximum Gasteiger partial charge on any atom is 0.319 e. The summed E-state index contributed by atoms with van der Waals surface area (Å²) in [6.45, 7) is 8.47. The fraction of sp³-hybridized carbons (Fsp3) is 0.537. The van der Waals surface area contributed by atoms with Gasteiger partial charge in [0.15, 0.2) is 12.6 Å². The number of fused-ring (bicyclic) bond motifs is 4. The molecule has 11 rings (SSSR count). The Morgan fingerprint density at radius 2 is 1.56 bits per heavy atom. The van der Waals surface area contributed by atoms with E-state index >= 15 is 17.6 Å². The molecule has 0 spiro atoms. The maximum atomic E-state index is 17.4. The Labute approximate surface area is 411 Å². The average Bonchev–Trinajstić information content (AvgIpc) is 4.05. The van der Waals surface area contributed by atoms with Gasteiger partial charge in [-0.15, -0.1) is 0 Å². The summed E-state index contributed by atoms with van der Waals surface area (Å²) in [6.07, 6.45) is 8.80. The highest BCUT2D eigenvalue weighted by molar-refractivity contribution is 6.02. The van der Waals surface area contributed by atoms with E-state index in [4.69, 9.17) is 29.2 Å². The van der Waals surface area contributed by atoms with E-state index in [0.29, 0.717) is 98.8 Å². The number of methoxy groups -OCH3 is 1. The number of rotatable bonds is 15. The molecule has 4 aliphatic heterocycles. The van der Waals surface area contributed by atoms with Crippen LogP contribution in [0.5, 0.6) is 11.8 Å². The van der Waals surface area contributed by atoms with Crippen LogP contribution in [-0.2, 0) is 20.7 Å². The Hall–Kier alpha value is -5.65. The number of pyridine rings is 1. The number of nitrogens with zero attached hydrogens (tertiary/aromatic N) is 7. The lowest BCUT2D eigenvalue weighted by Crippen LogP contribution is -2.54. The van der Waals surface area contributed by atoms with Crippen LogP contribution in [-0.4, -0.2) is 128 Å². The summed E-state index contributed by atoms with van der Waals surface area (Å²) >= 11 is 0. The number of carbonyl (C=O) groups excluding carboxylic acids is 2. The first-order valence-corrected chi connectivity index (χ1v) is 25.5. The van der Waals surface area contributed by atoms with Gasteiger partial charge in [0.25, 0.3) is 0 Å². The molecule has 2 aromatic heterocycles. The second-order valence-corrected chi connectivity index (χ2v) is 21.2. The number of nitrogens with one attached hydrogen (secondary N) is 1. The third-order valence-electron chi connectivity index (χ3n) is 16.2. The van der Waals surface area contributed by atoms with Gasteiger partial charge in [0.1, 0.15) is 40.1 Å². The molecule has 17 heteroatoms. The number of imide groups is 1. The van der Waals surface area contributed by atoms with E-state index < -0.39 is 40.9 Å². The molecule has 71 heavy (non-hydrogen) atoms. The number of benzene rings is 3. The van der Waals surface area contributed by atoms with Crippen molar-refractivity contribution in [2.75, 3.05) is 95.8 Å². The summed E-state index contributed by atoms with van der Waals surface area (Å²) < 4.78 is 82.2. The number of anilines is 2. The van der Waals surface area contributed by atoms with Crippen molar-refractivity contribution in [3.63, 3.8) is 0 Å². The zero-order valence-corrected chi connectivity index (χ0v) is 40.6. The molecule has 3 atom stereocenters. The Kier molecular flexibility index (Phi) is 13.0. The average molecular weight is 979 g/mol. The van der Waals surface area contributed by atoms with Gasteiger partial charge in [0.05, 0.1) is 17.9 Å². The molecule has 6 aliphatic rings. The van der Waals surface area contributed by atoms with Crippen LogP contribution in [0, 0.1) is 34.7 Å². The molecule has 2 aliphatic carbocycles. The monoisotopic (exact) mass is 978 g/mol. The Morgan fingerprint density at radius 1 is 0.831 bits per heavy atom. The first-order valence-electron chi connectivity index (χ1n) is 25.5. The van der Waals surface area contributed by atoms with Crippen LogP contribution in [0.15, 0.2) is 48.7 Å². The van der Waals surface area contributed by atoms with E-state index in [1.165, 1.54) is 31.4 Å². The van der Waals surface area contributed by atoms with Crippen molar-refractivity contribution in [2.45, 2.75) is 82.7 Å². The third-order valence-corrected chi connectivity index (χ3v) is 16.2. The van der Waals surface area contributed by atoms with Crippen LogP contribution in [0.4, 0.5) is 29.1 Å². The molecular formula is C54H62F4N8O5. The zero-order valence-electron chi connectivity index (χ0n) is 40.6. The van der Waals surface area contributed by atoms with Crippen LogP contribution in [0.2, 0.25) is 0 Å². The van der Waals surface area contributed by atoms with Crippen LogP contribution >= 0.6 is 0 Å². The first kappa shape index (κ1) is 47.7. The van der Waals surface area contributed by atoms with E-state index in [-0.39, 0.29) is 54.4 Å². The highest BCUT2D eigenvalue weighted by Crippen LogP contribution is 2.48. The van der Waals surface area contributed by atoms with Crippen LogP contribution in [0.3, 0.4) is 0 Å². The largest absolute Gasteiger partial charge is 0.468 e. The number of amides is 2. The molecule has 4 saturated heterocycles. The van der Waals surface area contributed by atoms with Crippen LogP contribution in [0.25, 0.3) is 32.9 Å². The lowest BCUT2D eigenvalue weighted by atomic mass is 9.89. The number of ether oxygens (including phenoxy) is 3. The Balaban J connectivity index is 0.753. The van der Waals surface area contributed by atoms with Gasteiger partial charge < -0.3 is 28.9 Å². The van der Waals surface area contributed by atoms with Gasteiger partial charge in [-0.3, -0.25) is 24.8 Å². The number of hydrogen-bond donors (Lipinski definition) is 1. The van der Waals surface area contributed by atoms with Crippen LogP contribution < -0.4 is 24.6 Å². The summed E-state index contributed by atoms with van der Waals surface area (Å²) in [5.74, 6) is -2.02. The van der Waals surface area contributed by atoms with E-state index in [2.05, 4.69) is 33.0 Å². The highest BCUT2D eigenvalue weighted by Gasteiger charge is 2.47. The fourth-order valence-electron chi connectivity index (χ4n) is 12.2. The lowest BCUT2D eigenvalue weighted by Gasteiger charge is -2.43. The van der Waals surface area contributed by atoms with Crippen molar-refractivity contribution in [1.29, 1.82) is 0 Å². The van der Waals surface area contributed by atoms with Crippen molar-refractivity contribution in [3.8, 4) is 23.0 Å². The molecule has 376 valence electrons. The van der Waals surface area contributed by atoms with Gasteiger partial charge in [-0.25, -0.2) is 17.6 Å². The number of alkyl halides is 1. The maximum absolute atomic E-state index is 17.4. The number of carbonyl (C=O) groups is 2. The predicted octanol–water partition coefficient (Wildman–Crippen LogP) is 8.35. The Morgan fingerprint density at radius 3 is 2.25 bits per heavy atom. The molecule has 3 aromatic carbocycles. The normalized spacial score (nSPS) is 23.4. The van der Waals surface area contributed by atoms with Crippen molar-refractivity contribution >= 4 is 45.0 Å². The topological polar surface area (TPSA) is 125 Å². The molecule has 2 saturated carbocycles. The number of aryl methyl sites for hydroxylation is 1. The number of hydrogen-bond acceptors (Lipinski definition) is 12. The van der Waals surface area contributed by atoms with Crippen molar-refractivity contribution < 1.29 is 41.4 Å². The summed E-state index contributed by atoms with van der Waals surface area (Å²) in [4.78, 5) is 47.2. The van der Waals surface area contributed by atoms with E-state index in [1.807, 2.05) is 29.2 Å². The molecule has 13 nitrogen and oxygen atoms in total. The summed E-state index contributed by atoms with van der Waals surface area (Å²) in [6, 6.07) is 12.5. The van der Waals surface area contributed by atoms with Gasteiger partial charge >= 0.3 is 6.01 Å². The second kappa shape index (κ2) is 19.4. The van der Waals surface area contributed by atoms with E-state index in [9.17, 15) is 9.59 Å². The summed E-state index contributed by atoms with van der Waals surface area (Å²) in [7, 11) is 1.56. The number of aromatic nitrogens is 3. The van der Waals surface area contributed by atoms with Gasteiger partial charge in [0, 0.05) is 107 Å². The van der Waals surface area contributed by atoms with Crippen molar-refractivity contribution in [3.05, 3.63) is 77.2 Å². The van der Waals surface area contributed by atoms with Gasteiger partial charge in [-0.2, -0.15) is 9.97 Å². The molecule has 1 N–H and O–H groups in total. The minimum absolute atomic E-state index is 0.0269. The molecule has 0 radical (unpaired) electrons. The quantitative estimate of drug-likeness (QED) is 0.0616. The van der Waals surface area contributed by atoms with Gasteiger partial charge in [0.2, 0.25) is 11.8 Å².